The first-order valence-corrected chi connectivity index (χ1v) is 15.8. The number of para-hydroxylation sites is 1. The molecule has 0 aromatic heterocycles. The van der Waals surface area contributed by atoms with E-state index in [9.17, 15) is 0 Å². The molecule has 0 saturated heterocycles. The number of nitrogens with zero attached hydrogens (tertiary/aromatic N) is 1. The lowest BCUT2D eigenvalue weighted by atomic mass is 9.98. The largest absolute Gasteiger partial charge is 0.388 e. The third-order valence-corrected chi connectivity index (χ3v) is 7.27. The molecular weight excluding hydrogens is 560 g/mol. The molecule has 0 fully saturated rings. The zero-order chi connectivity index (χ0) is 33.6. The van der Waals surface area contributed by atoms with Crippen LogP contribution in [0.1, 0.15) is 29.5 Å². The molecule has 0 aliphatic carbocycles. The summed E-state index contributed by atoms with van der Waals surface area (Å²) >= 11 is 0. The van der Waals surface area contributed by atoms with E-state index >= 15 is 0 Å². The lowest BCUT2D eigenvalue weighted by Crippen LogP contribution is -2.30. The summed E-state index contributed by atoms with van der Waals surface area (Å²) in [5, 5.41) is 11.9. The predicted molar refractivity (Wildman–Crippen MR) is 204 cm³/mol. The van der Waals surface area contributed by atoms with E-state index in [1.165, 1.54) is 27.5 Å². The van der Waals surface area contributed by atoms with Crippen LogP contribution in [0.2, 0.25) is 0 Å². The summed E-state index contributed by atoms with van der Waals surface area (Å²) in [6, 6.07) is 33.7. The van der Waals surface area contributed by atoms with Crippen LogP contribution >= 0.6 is 0 Å². The first kappa shape index (κ1) is 37.3. The van der Waals surface area contributed by atoms with Crippen LogP contribution in [0.3, 0.4) is 0 Å². The fraction of sp³-hybridized carbons (Fsp3) is 0.214. The molecular formula is C42H52N4. The van der Waals surface area contributed by atoms with E-state index in [2.05, 4.69) is 128 Å². The van der Waals surface area contributed by atoms with Crippen molar-refractivity contribution in [1.29, 1.82) is 0 Å². The summed E-state index contributed by atoms with van der Waals surface area (Å²) in [6.07, 6.45) is 9.03. The standard InChI is InChI=1S/C24H26N2.C9H13N.C7H9N.C2H4/c1-5-9-23(6-2)26-18(4)19-10-7-11-20(15-19)22-14-17(3)24-21(16-22)12-8-13-25-24;1-10-8-7-9-5-3-2-4-6-9;1-8-7-5-3-2-4-6-7;1-2/h5-7,10-12,14-16,23,26H,1-2,4,8-9,13H2,3H3;2-6,10H,7-8H2,1H3;2-6,8H,1H3;1-2H2. The number of likely N-dealkylation sites (N-methyl/N-ethyl adjacent to an activating group) is 1. The van der Waals surface area contributed by atoms with Crippen molar-refractivity contribution < 1.29 is 0 Å². The van der Waals surface area contributed by atoms with Gasteiger partial charge in [-0.1, -0.05) is 91.5 Å². The van der Waals surface area contributed by atoms with E-state index < -0.39 is 0 Å². The average Bonchev–Trinajstić information content (AvgIpc) is 3.12. The fourth-order valence-corrected chi connectivity index (χ4v) is 4.85. The van der Waals surface area contributed by atoms with E-state index in [0.717, 1.165) is 54.7 Å². The average molecular weight is 613 g/mol. The van der Waals surface area contributed by atoms with Gasteiger partial charge < -0.3 is 16.0 Å². The van der Waals surface area contributed by atoms with E-state index in [1.807, 2.05) is 62.6 Å². The Labute approximate surface area is 277 Å². The molecule has 0 radical (unpaired) electrons. The highest BCUT2D eigenvalue weighted by Gasteiger charge is 2.08. The molecule has 0 amide bonds. The van der Waals surface area contributed by atoms with Crippen LogP contribution < -0.4 is 26.5 Å². The first-order valence-electron chi connectivity index (χ1n) is 15.8. The number of benzene rings is 4. The molecule has 0 spiro atoms. The van der Waals surface area contributed by atoms with Gasteiger partial charge in [-0.2, -0.15) is 0 Å². The molecule has 46 heavy (non-hydrogen) atoms. The number of nitrogens with one attached hydrogen (secondary N) is 3. The van der Waals surface area contributed by atoms with Crippen LogP contribution in [0.5, 0.6) is 0 Å². The minimum absolute atomic E-state index is 0.144. The highest BCUT2D eigenvalue weighted by Crippen LogP contribution is 2.22. The number of rotatable bonds is 11. The van der Waals surface area contributed by atoms with Gasteiger partial charge in [0, 0.05) is 31.0 Å². The number of hydrogen-bond acceptors (Lipinski definition) is 4. The van der Waals surface area contributed by atoms with Crippen molar-refractivity contribution in [3.8, 4) is 11.1 Å². The third-order valence-electron chi connectivity index (χ3n) is 7.27. The van der Waals surface area contributed by atoms with Gasteiger partial charge in [0.25, 0.3) is 0 Å². The maximum atomic E-state index is 4.66. The van der Waals surface area contributed by atoms with Gasteiger partial charge in [-0.05, 0) is 103 Å². The van der Waals surface area contributed by atoms with Crippen LogP contribution in [0.15, 0.2) is 147 Å². The molecule has 0 bridgehead atoms. The fourth-order valence-electron chi connectivity index (χ4n) is 4.85. The molecule has 1 atom stereocenters. The van der Waals surface area contributed by atoms with E-state index in [1.54, 1.807) is 0 Å². The van der Waals surface area contributed by atoms with Crippen LogP contribution in [-0.4, -0.2) is 33.2 Å². The zero-order valence-corrected chi connectivity index (χ0v) is 28.1. The molecule has 1 unspecified atom stereocenters. The van der Waals surface area contributed by atoms with Crippen LogP contribution in [0, 0.1) is 6.92 Å². The van der Waals surface area contributed by atoms with Crippen LogP contribution in [-0.2, 0) is 6.42 Å². The van der Waals surface area contributed by atoms with Crippen LogP contribution in [0.25, 0.3) is 22.9 Å². The van der Waals surface area contributed by atoms with E-state index in [-0.39, 0.29) is 6.04 Å². The highest BCUT2D eigenvalue weighted by atomic mass is 14.9. The van der Waals surface area contributed by atoms with Gasteiger partial charge in [0.2, 0.25) is 0 Å². The van der Waals surface area contributed by atoms with E-state index in [4.69, 9.17) is 0 Å². The second-order valence-electron chi connectivity index (χ2n) is 10.6. The Morgan fingerprint density at radius 1 is 0.870 bits per heavy atom. The van der Waals surface area contributed by atoms with Gasteiger partial charge in [-0.3, -0.25) is 4.99 Å². The zero-order valence-electron chi connectivity index (χ0n) is 28.1. The smallest absolute Gasteiger partial charge is 0.0673 e. The molecule has 1 heterocycles. The molecule has 1 aliphatic heterocycles. The number of aryl methyl sites for hydroxylation is 1. The molecule has 0 saturated carbocycles. The Bertz CT molecular complexity index is 1610. The molecule has 4 aromatic carbocycles. The van der Waals surface area contributed by atoms with Gasteiger partial charge in [0.05, 0.1) is 5.36 Å². The van der Waals surface area contributed by atoms with E-state index in [0.29, 0.717) is 0 Å². The Kier molecular flexibility index (Phi) is 17.6. The summed E-state index contributed by atoms with van der Waals surface area (Å²) in [5.74, 6) is 0. The maximum absolute atomic E-state index is 4.66. The molecule has 240 valence electrons. The normalized spacial score (nSPS) is 11.4. The summed E-state index contributed by atoms with van der Waals surface area (Å²) in [7, 11) is 3.89. The second-order valence-corrected chi connectivity index (χ2v) is 10.6. The Hall–Kier alpha value is -4.93. The van der Waals surface area contributed by atoms with Crippen molar-refractivity contribution >= 4 is 17.5 Å². The molecule has 1 aliphatic rings. The Morgan fingerprint density at radius 3 is 2.17 bits per heavy atom. The minimum Gasteiger partial charge on any atom is -0.388 e. The van der Waals surface area contributed by atoms with Gasteiger partial charge in [-0.15, -0.1) is 26.3 Å². The molecule has 4 aromatic rings. The second kappa shape index (κ2) is 21.7. The minimum atomic E-state index is 0.144. The van der Waals surface area contributed by atoms with Crippen molar-refractivity contribution in [2.45, 2.75) is 32.2 Å². The van der Waals surface area contributed by atoms with Gasteiger partial charge in [0.1, 0.15) is 0 Å². The Balaban J connectivity index is 0.000000299. The van der Waals surface area contributed by atoms with Gasteiger partial charge in [0.15, 0.2) is 0 Å². The lowest BCUT2D eigenvalue weighted by Gasteiger charge is -2.17. The Morgan fingerprint density at radius 2 is 1.57 bits per heavy atom. The topological polar surface area (TPSA) is 48.5 Å². The summed E-state index contributed by atoms with van der Waals surface area (Å²) in [6.45, 7) is 22.0. The summed E-state index contributed by atoms with van der Waals surface area (Å²) in [5.41, 5.74) is 8.18. The maximum Gasteiger partial charge on any atom is 0.0673 e. The first-order chi connectivity index (χ1) is 22.5. The summed E-state index contributed by atoms with van der Waals surface area (Å²) in [4.78, 5) is 4.66. The number of fused-ring (bicyclic) bond motifs is 1. The highest BCUT2D eigenvalue weighted by molar-refractivity contribution is 5.71. The quantitative estimate of drug-likeness (QED) is 0.150. The SMILES string of the molecule is C=C.C=CCC(C=C)NC(=C)c1cccc(-c2cc(C)c3c(c2)=CCCN=3)c1.CNCCc1ccccc1.CNc1ccccc1. The molecule has 4 nitrogen and oxygen atoms in total. The van der Waals surface area contributed by atoms with Crippen molar-refractivity contribution in [3.63, 3.8) is 0 Å². The number of hydrogen-bond donors (Lipinski definition) is 3. The number of anilines is 1. The molecule has 3 N–H and O–H groups in total. The van der Waals surface area contributed by atoms with Crippen molar-refractivity contribution in [2.75, 3.05) is 32.5 Å². The van der Waals surface area contributed by atoms with Crippen LogP contribution in [0.4, 0.5) is 5.69 Å². The molecule has 4 heteroatoms. The third kappa shape index (κ3) is 12.6. The van der Waals surface area contributed by atoms with Crippen molar-refractivity contribution in [3.05, 3.63) is 169 Å². The van der Waals surface area contributed by atoms with Gasteiger partial charge >= 0.3 is 0 Å². The summed E-state index contributed by atoms with van der Waals surface area (Å²) < 4.78 is 0. The monoisotopic (exact) mass is 612 g/mol. The molecule has 5 rings (SSSR count). The van der Waals surface area contributed by atoms with Crippen molar-refractivity contribution in [2.24, 2.45) is 4.99 Å². The van der Waals surface area contributed by atoms with Crippen molar-refractivity contribution in [1.82, 2.24) is 10.6 Å². The lowest BCUT2D eigenvalue weighted by molar-refractivity contribution is 0.727. The van der Waals surface area contributed by atoms with Gasteiger partial charge in [-0.25, -0.2) is 0 Å². The predicted octanol–water partition coefficient (Wildman–Crippen LogP) is 8.14.